The average molecular weight is 121 g/mol. The zero-order valence-corrected chi connectivity index (χ0v) is 6.53. The van der Waals surface area contributed by atoms with Gasteiger partial charge in [-0.1, -0.05) is 19.8 Å². The summed E-state index contributed by atoms with van der Waals surface area (Å²) < 4.78 is 0. The van der Waals surface area contributed by atoms with Crippen molar-refractivity contribution in [2.45, 2.75) is 26.2 Å². The average Bonchev–Trinajstić information content (AvgIpc) is 1.61. The third kappa shape index (κ3) is 10.7. The quantitative estimate of drug-likeness (QED) is 0.440. The fraction of sp³-hybridized carbons (Fsp3) is 1.00. The van der Waals surface area contributed by atoms with E-state index >= 15 is 0 Å². The maximum absolute atomic E-state index is 5.21. The van der Waals surface area contributed by atoms with E-state index in [9.17, 15) is 0 Å². The minimum Gasteiger partial charge on any atom is -0.330 e. The number of nitrogens with two attached hydrogens (primary N) is 1. The summed E-state index contributed by atoms with van der Waals surface area (Å²) in [4.78, 5) is 0. The van der Waals surface area contributed by atoms with Gasteiger partial charge in [-0.05, 0) is 13.0 Å². The zero-order valence-electron chi connectivity index (χ0n) is 5.11. The van der Waals surface area contributed by atoms with Gasteiger partial charge >= 0.3 is 0 Å². The second-order valence-corrected chi connectivity index (χ2v) is 1.50. The topological polar surface area (TPSA) is 26.0 Å². The number of unbranched alkanes of at least 4 members (excludes halogenated alkanes) is 2. The van der Waals surface area contributed by atoms with Gasteiger partial charge in [-0.25, -0.2) is 0 Å². The molecule has 0 aromatic rings. The van der Waals surface area contributed by atoms with E-state index in [1.807, 2.05) is 0 Å². The van der Waals surface area contributed by atoms with Gasteiger partial charge in [-0.3, -0.25) is 0 Å². The first-order valence-corrected chi connectivity index (χ1v) is 2.62. The lowest BCUT2D eigenvalue weighted by atomic mass is 10.3. The highest BCUT2D eigenvalue weighted by atomic mass is 31.0. The molecular formula is C5H16NP. The molecule has 46 valence electrons. The number of hydrogen-bond acceptors (Lipinski definition) is 1. The van der Waals surface area contributed by atoms with E-state index in [0.29, 0.717) is 0 Å². The van der Waals surface area contributed by atoms with Gasteiger partial charge in [0.1, 0.15) is 0 Å². The van der Waals surface area contributed by atoms with Crippen LogP contribution in [0.15, 0.2) is 0 Å². The number of rotatable bonds is 3. The van der Waals surface area contributed by atoms with Crippen LogP contribution in [-0.2, 0) is 0 Å². The van der Waals surface area contributed by atoms with E-state index in [1.165, 1.54) is 19.3 Å². The molecule has 7 heavy (non-hydrogen) atoms. The smallest absolute Gasteiger partial charge is 0.00773 e. The van der Waals surface area contributed by atoms with Crippen LogP contribution in [0.5, 0.6) is 0 Å². The van der Waals surface area contributed by atoms with Crippen molar-refractivity contribution in [3.8, 4) is 0 Å². The first-order chi connectivity index (χ1) is 2.91. The molecule has 2 N–H and O–H groups in total. The minimum absolute atomic E-state index is 0. The molecule has 1 atom stereocenters. The molecule has 1 unspecified atom stereocenters. The molecule has 1 nitrogen and oxygen atoms in total. The van der Waals surface area contributed by atoms with Crippen LogP contribution in [0.2, 0.25) is 0 Å². The van der Waals surface area contributed by atoms with Gasteiger partial charge in [-0.15, -0.1) is 0 Å². The van der Waals surface area contributed by atoms with E-state index in [1.54, 1.807) is 0 Å². The summed E-state index contributed by atoms with van der Waals surface area (Å²) in [5.74, 6) is 0. The van der Waals surface area contributed by atoms with Gasteiger partial charge in [0.2, 0.25) is 0 Å². The van der Waals surface area contributed by atoms with Crippen molar-refractivity contribution in [2.75, 3.05) is 6.54 Å². The van der Waals surface area contributed by atoms with Crippen molar-refractivity contribution in [3.05, 3.63) is 0 Å². The minimum atomic E-state index is 0. The van der Waals surface area contributed by atoms with Crippen molar-refractivity contribution in [1.29, 1.82) is 0 Å². The van der Waals surface area contributed by atoms with Gasteiger partial charge in [0.05, 0.1) is 0 Å². The highest BCUT2D eigenvalue weighted by Gasteiger charge is 1.75. The lowest BCUT2D eigenvalue weighted by molar-refractivity contribution is 0.727. The Hall–Kier alpha value is 0.390. The lowest BCUT2D eigenvalue weighted by Gasteiger charge is -1.86. The zero-order chi connectivity index (χ0) is 4.83. The molecule has 0 aliphatic heterocycles. The van der Waals surface area contributed by atoms with Crippen molar-refractivity contribution in [2.24, 2.45) is 5.73 Å². The fourth-order valence-electron chi connectivity index (χ4n) is 0.394. The third-order valence-corrected chi connectivity index (χ3v) is 0.808. The van der Waals surface area contributed by atoms with Crippen molar-refractivity contribution in [3.63, 3.8) is 0 Å². The van der Waals surface area contributed by atoms with Crippen LogP contribution in [-0.4, -0.2) is 6.54 Å². The van der Waals surface area contributed by atoms with Crippen molar-refractivity contribution >= 4 is 9.90 Å². The van der Waals surface area contributed by atoms with E-state index < -0.39 is 0 Å². The predicted molar refractivity (Wildman–Crippen MR) is 39.7 cm³/mol. The van der Waals surface area contributed by atoms with E-state index in [0.717, 1.165) is 6.54 Å². The van der Waals surface area contributed by atoms with Crippen LogP contribution in [0.3, 0.4) is 0 Å². The molecule has 0 amide bonds. The van der Waals surface area contributed by atoms with Gasteiger partial charge in [-0.2, -0.15) is 9.90 Å². The molecule has 0 aromatic heterocycles. The summed E-state index contributed by atoms with van der Waals surface area (Å²) in [6.45, 7) is 3.03. The van der Waals surface area contributed by atoms with Gasteiger partial charge in [0.15, 0.2) is 0 Å². The maximum atomic E-state index is 5.21. The Kier molecular flexibility index (Phi) is 14.3. The summed E-state index contributed by atoms with van der Waals surface area (Å²) in [5, 5.41) is 0. The molecule has 0 heterocycles. The Balaban J connectivity index is 0. The largest absolute Gasteiger partial charge is 0.330 e. The summed E-state index contributed by atoms with van der Waals surface area (Å²) in [6.07, 6.45) is 3.75. The summed E-state index contributed by atoms with van der Waals surface area (Å²) in [7, 11) is 0. The normalized spacial score (nSPS) is 7.71. The Morgan fingerprint density at radius 1 is 1.29 bits per heavy atom. The molecule has 0 fully saturated rings. The molecule has 0 bridgehead atoms. The summed E-state index contributed by atoms with van der Waals surface area (Å²) in [5.41, 5.74) is 5.21. The van der Waals surface area contributed by atoms with Crippen molar-refractivity contribution in [1.82, 2.24) is 0 Å². The molecule has 0 radical (unpaired) electrons. The van der Waals surface area contributed by atoms with Crippen LogP contribution in [0.1, 0.15) is 26.2 Å². The summed E-state index contributed by atoms with van der Waals surface area (Å²) >= 11 is 0. The van der Waals surface area contributed by atoms with Gasteiger partial charge in [0.25, 0.3) is 0 Å². The van der Waals surface area contributed by atoms with E-state index in [4.69, 9.17) is 5.73 Å². The van der Waals surface area contributed by atoms with Crippen LogP contribution in [0, 0.1) is 0 Å². The molecule has 2 heteroatoms. The van der Waals surface area contributed by atoms with Crippen LogP contribution >= 0.6 is 9.90 Å². The molecule has 0 saturated heterocycles. The second-order valence-electron chi connectivity index (χ2n) is 1.50. The Bertz CT molecular complexity index is 20.0. The molecule has 0 spiro atoms. The molecule has 0 rings (SSSR count). The molecule has 0 aliphatic rings. The predicted octanol–water partition coefficient (Wildman–Crippen LogP) is 1.19. The standard InChI is InChI=1S/C5H13N.H3P/c1-2-3-4-5-6;/h2-6H2,1H3;1H3. The molecular weight excluding hydrogens is 105 g/mol. The Labute approximate surface area is 49.3 Å². The highest BCUT2D eigenvalue weighted by Crippen LogP contribution is 1.88. The monoisotopic (exact) mass is 121 g/mol. The second kappa shape index (κ2) is 9.63. The number of hydrogen-bond donors (Lipinski definition) is 1. The van der Waals surface area contributed by atoms with Crippen LogP contribution < -0.4 is 5.73 Å². The fourth-order valence-corrected chi connectivity index (χ4v) is 0.394. The SMILES string of the molecule is CCCCCN.P. The first kappa shape index (κ1) is 10.4. The molecule has 0 aliphatic carbocycles. The van der Waals surface area contributed by atoms with Crippen molar-refractivity contribution < 1.29 is 0 Å². The van der Waals surface area contributed by atoms with Gasteiger partial charge in [0, 0.05) is 0 Å². The Morgan fingerprint density at radius 2 is 1.86 bits per heavy atom. The lowest BCUT2D eigenvalue weighted by Crippen LogP contribution is -1.96. The van der Waals surface area contributed by atoms with E-state index in [2.05, 4.69) is 6.92 Å². The highest BCUT2D eigenvalue weighted by molar-refractivity contribution is 6.92. The molecule has 0 saturated carbocycles. The Morgan fingerprint density at radius 3 is 2.00 bits per heavy atom. The molecule has 0 aromatic carbocycles. The third-order valence-electron chi connectivity index (χ3n) is 0.808. The van der Waals surface area contributed by atoms with Crippen LogP contribution in [0.4, 0.5) is 0 Å². The van der Waals surface area contributed by atoms with E-state index in [-0.39, 0.29) is 9.90 Å². The van der Waals surface area contributed by atoms with Crippen LogP contribution in [0.25, 0.3) is 0 Å². The van der Waals surface area contributed by atoms with Gasteiger partial charge < -0.3 is 5.73 Å². The maximum Gasteiger partial charge on any atom is -0.00773 e. The summed E-state index contributed by atoms with van der Waals surface area (Å²) in [6, 6.07) is 0. The first-order valence-electron chi connectivity index (χ1n) is 2.62.